The van der Waals surface area contributed by atoms with Gasteiger partial charge in [0.15, 0.2) is 5.13 Å². The van der Waals surface area contributed by atoms with Gasteiger partial charge in [0.25, 0.3) is 0 Å². The molecule has 0 spiro atoms. The predicted octanol–water partition coefficient (Wildman–Crippen LogP) is 1.85. The zero-order chi connectivity index (χ0) is 12.0. The van der Waals surface area contributed by atoms with E-state index < -0.39 is 0 Å². The van der Waals surface area contributed by atoms with E-state index >= 15 is 0 Å². The van der Waals surface area contributed by atoms with Crippen LogP contribution in [0, 0.1) is 0 Å². The first-order chi connectivity index (χ1) is 7.72. The Morgan fingerprint density at radius 2 is 2.38 bits per heavy atom. The number of ether oxygens (including phenoxy) is 1. The molecule has 5 heteroatoms. The number of hydrogen-bond acceptors (Lipinski definition) is 5. The molecule has 0 saturated carbocycles. The van der Waals surface area contributed by atoms with Gasteiger partial charge in [-0.05, 0) is 13.3 Å². The van der Waals surface area contributed by atoms with Gasteiger partial charge in [0.05, 0.1) is 12.3 Å². The monoisotopic (exact) mass is 243 g/mol. The molecular formula is C11H21N3OS. The second-order valence-corrected chi connectivity index (χ2v) is 4.61. The van der Waals surface area contributed by atoms with Crippen LogP contribution in [0.3, 0.4) is 0 Å². The Morgan fingerprint density at radius 3 is 2.88 bits per heavy atom. The van der Waals surface area contributed by atoms with Crippen LogP contribution in [0.1, 0.15) is 26.0 Å². The zero-order valence-corrected chi connectivity index (χ0v) is 11.1. The Bertz CT molecular complexity index is 303. The van der Waals surface area contributed by atoms with E-state index in [9.17, 15) is 0 Å². The van der Waals surface area contributed by atoms with E-state index in [0.29, 0.717) is 12.6 Å². The van der Waals surface area contributed by atoms with Crippen LogP contribution in [0.4, 0.5) is 5.13 Å². The van der Waals surface area contributed by atoms with Crippen molar-refractivity contribution in [3.8, 4) is 0 Å². The highest BCUT2D eigenvalue weighted by molar-refractivity contribution is 7.13. The van der Waals surface area contributed by atoms with E-state index in [1.54, 1.807) is 18.4 Å². The van der Waals surface area contributed by atoms with Gasteiger partial charge in [-0.1, -0.05) is 6.92 Å². The molecule has 16 heavy (non-hydrogen) atoms. The van der Waals surface area contributed by atoms with Crippen LogP contribution >= 0.6 is 11.3 Å². The van der Waals surface area contributed by atoms with Crippen LogP contribution in [0.5, 0.6) is 0 Å². The summed E-state index contributed by atoms with van der Waals surface area (Å²) in [5.41, 5.74) is 6.54. The molecule has 1 aromatic rings. The molecule has 0 fully saturated rings. The molecule has 0 saturated heterocycles. The fourth-order valence-electron chi connectivity index (χ4n) is 1.44. The largest absolute Gasteiger partial charge is 0.383 e. The Morgan fingerprint density at radius 1 is 1.62 bits per heavy atom. The molecule has 0 aromatic carbocycles. The highest BCUT2D eigenvalue weighted by Gasteiger charge is 2.15. The van der Waals surface area contributed by atoms with E-state index in [1.807, 2.05) is 5.38 Å². The van der Waals surface area contributed by atoms with E-state index in [4.69, 9.17) is 10.5 Å². The van der Waals surface area contributed by atoms with Crippen molar-refractivity contribution in [2.75, 3.05) is 25.2 Å². The lowest BCUT2D eigenvalue weighted by molar-refractivity contribution is 0.203. The van der Waals surface area contributed by atoms with Crippen molar-refractivity contribution in [1.29, 1.82) is 0 Å². The Labute approximate surface area is 101 Å². The third kappa shape index (κ3) is 3.43. The summed E-state index contributed by atoms with van der Waals surface area (Å²) >= 11 is 1.66. The lowest BCUT2D eigenvalue weighted by Gasteiger charge is -2.27. The maximum Gasteiger partial charge on any atom is 0.185 e. The van der Waals surface area contributed by atoms with E-state index in [2.05, 4.69) is 23.7 Å². The minimum atomic E-state index is 0.479. The lowest BCUT2D eigenvalue weighted by atomic mass is 10.2. The van der Waals surface area contributed by atoms with E-state index in [-0.39, 0.29) is 0 Å². The molecule has 1 heterocycles. The van der Waals surface area contributed by atoms with Gasteiger partial charge < -0.3 is 15.4 Å². The molecule has 4 nitrogen and oxygen atoms in total. The van der Waals surface area contributed by atoms with Crippen molar-refractivity contribution >= 4 is 16.5 Å². The van der Waals surface area contributed by atoms with Crippen LogP contribution < -0.4 is 10.6 Å². The van der Waals surface area contributed by atoms with Crippen molar-refractivity contribution < 1.29 is 4.74 Å². The average molecular weight is 243 g/mol. The molecular weight excluding hydrogens is 222 g/mol. The van der Waals surface area contributed by atoms with Gasteiger partial charge in [0.1, 0.15) is 0 Å². The number of aromatic nitrogens is 1. The Hall–Kier alpha value is -0.650. The summed E-state index contributed by atoms with van der Waals surface area (Å²) in [7, 11) is 1.72. The van der Waals surface area contributed by atoms with Gasteiger partial charge in [-0.25, -0.2) is 4.98 Å². The number of nitrogens with zero attached hydrogens (tertiary/aromatic N) is 2. The first kappa shape index (κ1) is 13.4. The molecule has 1 atom stereocenters. The van der Waals surface area contributed by atoms with Crippen LogP contribution in [-0.4, -0.2) is 31.3 Å². The summed E-state index contributed by atoms with van der Waals surface area (Å²) in [5, 5.41) is 3.07. The maximum absolute atomic E-state index is 5.57. The molecule has 0 aliphatic carbocycles. The number of thiazole rings is 1. The molecule has 92 valence electrons. The Kier molecular flexibility index (Phi) is 5.73. The molecule has 1 unspecified atom stereocenters. The van der Waals surface area contributed by atoms with Crippen molar-refractivity contribution in [1.82, 2.24) is 4.98 Å². The van der Waals surface area contributed by atoms with Crippen LogP contribution in [-0.2, 0) is 11.3 Å². The molecule has 1 aromatic heterocycles. The fraction of sp³-hybridized carbons (Fsp3) is 0.727. The van der Waals surface area contributed by atoms with Crippen molar-refractivity contribution in [2.45, 2.75) is 32.9 Å². The molecule has 0 amide bonds. The number of hydrogen-bond donors (Lipinski definition) is 1. The summed E-state index contributed by atoms with van der Waals surface area (Å²) in [6.07, 6.45) is 1.10. The summed E-state index contributed by atoms with van der Waals surface area (Å²) in [5.74, 6) is 0. The zero-order valence-electron chi connectivity index (χ0n) is 10.3. The van der Waals surface area contributed by atoms with Crippen LogP contribution in [0.2, 0.25) is 0 Å². The van der Waals surface area contributed by atoms with E-state index in [1.165, 1.54) is 0 Å². The molecule has 2 N–H and O–H groups in total. The summed E-state index contributed by atoms with van der Waals surface area (Å²) < 4.78 is 5.13. The third-order valence-corrected chi connectivity index (χ3v) is 3.58. The highest BCUT2D eigenvalue weighted by atomic mass is 32.1. The number of nitrogens with two attached hydrogens (primary N) is 1. The number of rotatable bonds is 7. The third-order valence-electron chi connectivity index (χ3n) is 2.65. The first-order valence-electron chi connectivity index (χ1n) is 5.63. The molecule has 0 radical (unpaired) electrons. The van der Waals surface area contributed by atoms with Gasteiger partial charge >= 0.3 is 0 Å². The summed E-state index contributed by atoms with van der Waals surface area (Å²) in [4.78, 5) is 6.80. The molecule has 0 aliphatic rings. The number of anilines is 1. The van der Waals surface area contributed by atoms with Crippen LogP contribution in [0.25, 0.3) is 0 Å². The van der Waals surface area contributed by atoms with Gasteiger partial charge in [-0.3, -0.25) is 0 Å². The van der Waals surface area contributed by atoms with Gasteiger partial charge in [0, 0.05) is 31.6 Å². The molecule has 1 rings (SSSR count). The minimum absolute atomic E-state index is 0.479. The maximum atomic E-state index is 5.57. The first-order valence-corrected chi connectivity index (χ1v) is 6.50. The van der Waals surface area contributed by atoms with Gasteiger partial charge in [-0.15, -0.1) is 11.3 Å². The molecule has 0 bridgehead atoms. The van der Waals surface area contributed by atoms with Crippen LogP contribution in [0.15, 0.2) is 5.38 Å². The second kappa shape index (κ2) is 6.83. The summed E-state index contributed by atoms with van der Waals surface area (Å²) in [6, 6.07) is 0.479. The predicted molar refractivity (Wildman–Crippen MR) is 69.0 cm³/mol. The van der Waals surface area contributed by atoms with Crippen molar-refractivity contribution in [2.24, 2.45) is 5.73 Å². The highest BCUT2D eigenvalue weighted by Crippen LogP contribution is 2.23. The smallest absolute Gasteiger partial charge is 0.185 e. The molecule has 0 aliphatic heterocycles. The SMILES string of the molecule is CCC(C)N(CCOC)c1nc(CN)cs1. The average Bonchev–Trinajstić information content (AvgIpc) is 2.77. The lowest BCUT2D eigenvalue weighted by Crippen LogP contribution is -2.35. The van der Waals surface area contributed by atoms with Gasteiger partial charge in [0.2, 0.25) is 0 Å². The minimum Gasteiger partial charge on any atom is -0.383 e. The van der Waals surface area contributed by atoms with Crippen molar-refractivity contribution in [3.63, 3.8) is 0 Å². The quantitative estimate of drug-likeness (QED) is 0.794. The van der Waals surface area contributed by atoms with Crippen molar-refractivity contribution in [3.05, 3.63) is 11.1 Å². The Balaban J connectivity index is 2.74. The topological polar surface area (TPSA) is 51.4 Å². The standard InChI is InChI=1S/C11H21N3OS/c1-4-9(2)14(5-6-15-3)11-13-10(7-12)8-16-11/h8-9H,4-7,12H2,1-3H3. The number of methoxy groups -OCH3 is 1. The fourth-order valence-corrected chi connectivity index (χ4v) is 2.40. The summed E-state index contributed by atoms with van der Waals surface area (Å²) in [6.45, 7) is 6.50. The van der Waals surface area contributed by atoms with Gasteiger partial charge in [-0.2, -0.15) is 0 Å². The second-order valence-electron chi connectivity index (χ2n) is 3.77. The van der Waals surface area contributed by atoms with E-state index in [0.717, 1.165) is 30.4 Å². The normalized spacial score (nSPS) is 12.8.